The van der Waals surface area contributed by atoms with Gasteiger partial charge in [-0.3, -0.25) is 25.0 Å². The van der Waals surface area contributed by atoms with Crippen LogP contribution in [0.3, 0.4) is 0 Å². The van der Waals surface area contributed by atoms with Crippen LogP contribution < -0.4 is 10.6 Å². The molecule has 0 aromatic rings. The Morgan fingerprint density at radius 3 is 2.06 bits per heavy atom. The first-order valence-corrected chi connectivity index (χ1v) is 4.77. The van der Waals surface area contributed by atoms with E-state index in [-0.39, 0.29) is 0 Å². The zero-order valence-electron chi connectivity index (χ0n) is 8.86. The molecule has 88 valence electrons. The van der Waals surface area contributed by atoms with Crippen LogP contribution in [0.15, 0.2) is 0 Å². The third kappa shape index (κ3) is 1.44. The fraction of sp³-hybridized carbons (Fsp3) is 0.556. The molecule has 0 aromatic carbocycles. The van der Waals surface area contributed by atoms with Crippen molar-refractivity contribution in [2.24, 2.45) is 11.3 Å². The maximum atomic E-state index is 11.6. The number of aliphatic carboxylic acids is 1. The number of carbonyl (C=O) groups is 4. The lowest BCUT2D eigenvalue weighted by molar-refractivity contribution is -0.166. The van der Waals surface area contributed by atoms with Crippen LogP contribution in [-0.2, 0) is 14.4 Å². The quantitative estimate of drug-likeness (QED) is 0.562. The van der Waals surface area contributed by atoms with Crippen molar-refractivity contribution in [3.05, 3.63) is 0 Å². The predicted octanol–water partition coefficient (Wildman–Crippen LogP) is -0.530. The summed E-state index contributed by atoms with van der Waals surface area (Å²) in [7, 11) is 0. The van der Waals surface area contributed by atoms with Crippen molar-refractivity contribution in [2.75, 3.05) is 0 Å². The molecule has 0 saturated carbocycles. The third-order valence-corrected chi connectivity index (χ3v) is 2.86. The average Bonchev–Trinajstić information content (AvgIpc) is 2.15. The summed E-state index contributed by atoms with van der Waals surface area (Å²) in [5.74, 6) is -4.42. The van der Waals surface area contributed by atoms with Gasteiger partial charge in [0.2, 0.25) is 5.41 Å². The molecule has 3 N–H and O–H groups in total. The summed E-state index contributed by atoms with van der Waals surface area (Å²) in [6, 6.07) is -0.991. The highest BCUT2D eigenvalue weighted by Gasteiger charge is 2.59. The third-order valence-electron chi connectivity index (χ3n) is 2.86. The van der Waals surface area contributed by atoms with E-state index in [1.54, 1.807) is 17.6 Å². The van der Waals surface area contributed by atoms with Gasteiger partial charge in [-0.05, 0) is 5.92 Å². The van der Waals surface area contributed by atoms with Crippen LogP contribution in [-0.4, -0.2) is 28.9 Å². The summed E-state index contributed by atoms with van der Waals surface area (Å²) in [5, 5.41) is 12.7. The molecular formula is C9H12N2O5. The molecule has 0 radical (unpaired) electrons. The van der Waals surface area contributed by atoms with Gasteiger partial charge in [0.15, 0.2) is 0 Å². The van der Waals surface area contributed by atoms with Crippen molar-refractivity contribution in [3.8, 4) is 0 Å². The highest BCUT2D eigenvalue weighted by Crippen LogP contribution is 2.33. The summed E-state index contributed by atoms with van der Waals surface area (Å²) >= 11 is 0. The molecule has 1 fully saturated rings. The number of amides is 4. The normalized spacial score (nSPS) is 21.0. The number of carboxylic acids is 1. The second kappa shape index (κ2) is 3.92. The predicted molar refractivity (Wildman–Crippen MR) is 51.2 cm³/mol. The van der Waals surface area contributed by atoms with Gasteiger partial charge >= 0.3 is 12.0 Å². The molecule has 0 aromatic heterocycles. The maximum Gasteiger partial charge on any atom is 0.329 e. The number of rotatable bonds is 3. The fourth-order valence-corrected chi connectivity index (χ4v) is 1.70. The second-order valence-electron chi connectivity index (χ2n) is 3.66. The molecule has 0 spiro atoms. The van der Waals surface area contributed by atoms with Gasteiger partial charge in [0, 0.05) is 0 Å². The van der Waals surface area contributed by atoms with Gasteiger partial charge < -0.3 is 5.11 Å². The minimum Gasteiger partial charge on any atom is -0.480 e. The molecule has 1 saturated heterocycles. The lowest BCUT2D eigenvalue weighted by Gasteiger charge is -2.34. The Labute approximate surface area is 91.2 Å². The van der Waals surface area contributed by atoms with Crippen LogP contribution >= 0.6 is 0 Å². The van der Waals surface area contributed by atoms with Crippen molar-refractivity contribution < 1.29 is 24.3 Å². The van der Waals surface area contributed by atoms with Crippen LogP contribution in [0.2, 0.25) is 0 Å². The van der Waals surface area contributed by atoms with E-state index in [4.69, 9.17) is 5.11 Å². The highest BCUT2D eigenvalue weighted by molar-refractivity contribution is 6.29. The van der Waals surface area contributed by atoms with Crippen molar-refractivity contribution in [1.29, 1.82) is 0 Å². The van der Waals surface area contributed by atoms with E-state index in [1.165, 1.54) is 6.92 Å². The zero-order valence-corrected chi connectivity index (χ0v) is 8.86. The van der Waals surface area contributed by atoms with E-state index < -0.39 is 35.1 Å². The van der Waals surface area contributed by atoms with Gasteiger partial charge in [-0.2, -0.15) is 0 Å². The number of urea groups is 1. The van der Waals surface area contributed by atoms with E-state index in [9.17, 15) is 19.2 Å². The number of barbiturate groups is 1. The van der Waals surface area contributed by atoms with E-state index in [1.807, 2.05) is 0 Å². The topological polar surface area (TPSA) is 113 Å². The fourth-order valence-electron chi connectivity index (χ4n) is 1.70. The molecule has 1 atom stereocenters. The SMILES string of the molecule is CCC(C)C1(C(=O)O)C(=O)NC(=O)NC1=O. The summed E-state index contributed by atoms with van der Waals surface area (Å²) in [6.45, 7) is 3.13. The highest BCUT2D eigenvalue weighted by atomic mass is 16.4. The first-order valence-electron chi connectivity index (χ1n) is 4.77. The first kappa shape index (κ1) is 12.2. The van der Waals surface area contributed by atoms with Crippen molar-refractivity contribution in [3.63, 3.8) is 0 Å². The Kier molecular flexibility index (Phi) is 2.97. The Bertz CT molecular complexity index is 356. The number of carboxylic acid groups (broad SMARTS) is 1. The second-order valence-corrected chi connectivity index (χ2v) is 3.66. The molecule has 0 bridgehead atoms. The molecule has 1 heterocycles. The van der Waals surface area contributed by atoms with Gasteiger partial charge in [-0.15, -0.1) is 0 Å². The van der Waals surface area contributed by atoms with Crippen LogP contribution in [0.4, 0.5) is 4.79 Å². The van der Waals surface area contributed by atoms with Crippen LogP contribution in [0, 0.1) is 11.3 Å². The molecular weight excluding hydrogens is 216 g/mol. The average molecular weight is 228 g/mol. The molecule has 1 unspecified atom stereocenters. The first-order chi connectivity index (χ1) is 7.37. The van der Waals surface area contributed by atoms with Crippen molar-refractivity contribution >= 4 is 23.8 Å². The number of imide groups is 2. The van der Waals surface area contributed by atoms with Crippen molar-refractivity contribution in [1.82, 2.24) is 10.6 Å². The minimum atomic E-state index is -2.22. The van der Waals surface area contributed by atoms with Gasteiger partial charge in [-0.25, -0.2) is 4.79 Å². The lowest BCUT2D eigenvalue weighted by Crippen LogP contribution is -2.67. The molecule has 4 amide bonds. The summed E-state index contributed by atoms with van der Waals surface area (Å²) in [4.78, 5) is 45.2. The molecule has 1 aliphatic rings. The standard InChI is InChI=1S/C9H12N2O5/c1-3-4(2)9(7(14)15)5(12)10-8(16)11-6(9)13/h4H,3H2,1-2H3,(H,14,15)(H2,10,11,12,13,16). The monoisotopic (exact) mass is 228 g/mol. The molecule has 16 heavy (non-hydrogen) atoms. The van der Waals surface area contributed by atoms with E-state index >= 15 is 0 Å². The Hall–Kier alpha value is -1.92. The number of hydrogen-bond donors (Lipinski definition) is 3. The largest absolute Gasteiger partial charge is 0.480 e. The number of hydrogen-bond acceptors (Lipinski definition) is 4. The van der Waals surface area contributed by atoms with E-state index in [0.717, 1.165) is 0 Å². The molecule has 0 aliphatic carbocycles. The summed E-state index contributed by atoms with van der Waals surface area (Å²) < 4.78 is 0. The zero-order chi connectivity index (χ0) is 12.5. The molecule has 1 rings (SSSR count). The lowest BCUT2D eigenvalue weighted by atomic mass is 9.72. The van der Waals surface area contributed by atoms with Gasteiger partial charge in [0.25, 0.3) is 11.8 Å². The van der Waals surface area contributed by atoms with Gasteiger partial charge in [0.1, 0.15) is 0 Å². The number of carbonyl (C=O) groups excluding carboxylic acids is 3. The summed E-state index contributed by atoms with van der Waals surface area (Å²) in [6.07, 6.45) is 0.321. The van der Waals surface area contributed by atoms with E-state index in [2.05, 4.69) is 0 Å². The Morgan fingerprint density at radius 2 is 1.75 bits per heavy atom. The summed E-state index contributed by atoms with van der Waals surface area (Å²) in [5.41, 5.74) is -2.22. The van der Waals surface area contributed by atoms with Crippen molar-refractivity contribution in [2.45, 2.75) is 20.3 Å². The minimum absolute atomic E-state index is 0.321. The van der Waals surface area contributed by atoms with Gasteiger partial charge in [-0.1, -0.05) is 20.3 Å². The number of nitrogens with one attached hydrogen (secondary N) is 2. The van der Waals surface area contributed by atoms with Gasteiger partial charge in [0.05, 0.1) is 0 Å². The molecule has 7 nitrogen and oxygen atoms in total. The molecule has 7 heteroatoms. The van der Waals surface area contributed by atoms with E-state index in [0.29, 0.717) is 6.42 Å². The molecule has 1 aliphatic heterocycles. The van der Waals surface area contributed by atoms with Crippen LogP contribution in [0.1, 0.15) is 20.3 Å². The Morgan fingerprint density at radius 1 is 1.31 bits per heavy atom. The van der Waals surface area contributed by atoms with Crippen LogP contribution in [0.5, 0.6) is 0 Å². The van der Waals surface area contributed by atoms with Crippen LogP contribution in [0.25, 0.3) is 0 Å². The maximum absolute atomic E-state index is 11.6. The smallest absolute Gasteiger partial charge is 0.329 e. The Balaban J connectivity index is 3.28.